The second-order valence-electron chi connectivity index (χ2n) is 5.44. The molecule has 0 radical (unpaired) electrons. The lowest BCUT2D eigenvalue weighted by Crippen LogP contribution is -2.16. The van der Waals surface area contributed by atoms with Crippen LogP contribution in [0.2, 0.25) is 0 Å². The summed E-state index contributed by atoms with van der Waals surface area (Å²) in [5.41, 5.74) is 1.27. The van der Waals surface area contributed by atoms with Gasteiger partial charge in [0.25, 0.3) is 5.91 Å². The molecule has 0 aliphatic heterocycles. The molecule has 26 heavy (non-hydrogen) atoms. The van der Waals surface area contributed by atoms with Crippen molar-refractivity contribution >= 4 is 39.0 Å². The number of nitrogens with one attached hydrogen (secondary N) is 2. The molecule has 0 fully saturated rings. The fraction of sp³-hybridized carbons (Fsp3) is 0.312. The maximum absolute atomic E-state index is 12.4. The molecule has 2 rings (SSSR count). The van der Waals surface area contributed by atoms with E-state index in [-0.39, 0.29) is 22.1 Å². The summed E-state index contributed by atoms with van der Waals surface area (Å²) in [4.78, 5) is 37.4. The van der Waals surface area contributed by atoms with Crippen molar-refractivity contribution in [3.63, 3.8) is 0 Å². The maximum Gasteiger partial charge on any atom is 0.345 e. The molecule has 0 saturated carbocycles. The fourth-order valence-corrected chi connectivity index (χ4v) is 2.84. The van der Waals surface area contributed by atoms with Crippen LogP contribution in [0.3, 0.4) is 0 Å². The van der Waals surface area contributed by atoms with E-state index >= 15 is 0 Å². The van der Waals surface area contributed by atoms with Crippen molar-refractivity contribution < 1.29 is 19.6 Å². The number of amides is 1. The van der Waals surface area contributed by atoms with Gasteiger partial charge in [-0.25, -0.2) is 4.98 Å². The number of anilines is 2. The SMILES string of the molecule is CCCCNc1ccc(C(=O)Nc2ncc([N+](=O)[O-])s2)c(CC(=O)O)c1. The van der Waals surface area contributed by atoms with E-state index in [4.69, 9.17) is 5.11 Å². The summed E-state index contributed by atoms with van der Waals surface area (Å²) in [6.07, 6.45) is 2.73. The van der Waals surface area contributed by atoms with Gasteiger partial charge in [0.1, 0.15) is 6.20 Å². The first kappa shape index (κ1) is 19.3. The second-order valence-corrected chi connectivity index (χ2v) is 6.45. The van der Waals surface area contributed by atoms with Crippen LogP contribution in [0, 0.1) is 10.1 Å². The Kier molecular flexibility index (Phi) is 6.61. The van der Waals surface area contributed by atoms with E-state index in [2.05, 4.69) is 22.5 Å². The van der Waals surface area contributed by atoms with Crippen LogP contribution >= 0.6 is 11.3 Å². The third-order valence-corrected chi connectivity index (χ3v) is 4.31. The van der Waals surface area contributed by atoms with Crippen LogP contribution in [-0.4, -0.2) is 33.4 Å². The van der Waals surface area contributed by atoms with Crippen molar-refractivity contribution in [2.75, 3.05) is 17.2 Å². The Morgan fingerprint density at radius 2 is 2.15 bits per heavy atom. The van der Waals surface area contributed by atoms with Crippen molar-refractivity contribution in [1.82, 2.24) is 4.98 Å². The predicted molar refractivity (Wildman–Crippen MR) is 97.9 cm³/mol. The summed E-state index contributed by atoms with van der Waals surface area (Å²) in [7, 11) is 0. The molecule has 0 bridgehead atoms. The van der Waals surface area contributed by atoms with Gasteiger partial charge in [0.15, 0.2) is 5.13 Å². The van der Waals surface area contributed by atoms with E-state index in [1.54, 1.807) is 12.1 Å². The van der Waals surface area contributed by atoms with E-state index < -0.39 is 16.8 Å². The number of unbranched alkanes of at least 4 members (excludes halogenated alkanes) is 1. The van der Waals surface area contributed by atoms with Crippen LogP contribution in [-0.2, 0) is 11.2 Å². The Labute approximate surface area is 153 Å². The summed E-state index contributed by atoms with van der Waals surface area (Å²) in [5.74, 6) is -1.62. The van der Waals surface area contributed by atoms with E-state index in [1.165, 1.54) is 6.07 Å². The number of aromatic nitrogens is 1. The Bertz CT molecular complexity index is 821. The van der Waals surface area contributed by atoms with Gasteiger partial charge in [0, 0.05) is 17.8 Å². The number of carboxylic acid groups (broad SMARTS) is 1. The zero-order chi connectivity index (χ0) is 19.1. The van der Waals surface area contributed by atoms with Gasteiger partial charge in [-0.3, -0.25) is 25.0 Å². The lowest BCUT2D eigenvalue weighted by molar-refractivity contribution is -0.380. The van der Waals surface area contributed by atoms with Crippen LogP contribution in [0.4, 0.5) is 15.8 Å². The molecular formula is C16H18N4O5S. The van der Waals surface area contributed by atoms with E-state index in [0.717, 1.165) is 42.6 Å². The summed E-state index contributed by atoms with van der Waals surface area (Å²) < 4.78 is 0. The number of carbonyl (C=O) groups excluding carboxylic acids is 1. The molecule has 9 nitrogen and oxygen atoms in total. The van der Waals surface area contributed by atoms with Crippen LogP contribution < -0.4 is 10.6 Å². The number of aliphatic carboxylic acids is 1. The Morgan fingerprint density at radius 1 is 1.38 bits per heavy atom. The number of carbonyl (C=O) groups is 2. The highest BCUT2D eigenvalue weighted by Crippen LogP contribution is 2.26. The molecule has 0 aliphatic rings. The van der Waals surface area contributed by atoms with Gasteiger partial charge < -0.3 is 10.4 Å². The topological polar surface area (TPSA) is 134 Å². The third kappa shape index (κ3) is 5.24. The van der Waals surface area contributed by atoms with Crippen LogP contribution in [0.5, 0.6) is 0 Å². The molecule has 0 atom stereocenters. The van der Waals surface area contributed by atoms with Gasteiger partial charge in [-0.1, -0.05) is 13.3 Å². The monoisotopic (exact) mass is 378 g/mol. The highest BCUT2D eigenvalue weighted by atomic mass is 32.1. The number of rotatable bonds is 9. The molecule has 1 amide bonds. The van der Waals surface area contributed by atoms with Crippen molar-refractivity contribution in [2.24, 2.45) is 0 Å². The minimum Gasteiger partial charge on any atom is -0.481 e. The van der Waals surface area contributed by atoms with Gasteiger partial charge in [0.2, 0.25) is 0 Å². The highest BCUT2D eigenvalue weighted by Gasteiger charge is 2.18. The zero-order valence-corrected chi connectivity index (χ0v) is 14.8. The first-order valence-corrected chi connectivity index (χ1v) is 8.72. The van der Waals surface area contributed by atoms with Crippen molar-refractivity contribution in [1.29, 1.82) is 0 Å². The standard InChI is InChI=1S/C16H18N4O5S/c1-2-3-6-17-11-4-5-12(10(7-11)8-14(21)22)15(23)19-16-18-9-13(26-16)20(24)25/h4-5,7,9,17H,2-3,6,8H2,1H3,(H,21,22)(H,18,19,23). The summed E-state index contributed by atoms with van der Waals surface area (Å²) >= 11 is 0.730. The van der Waals surface area contributed by atoms with Gasteiger partial charge in [-0.2, -0.15) is 0 Å². The van der Waals surface area contributed by atoms with Crippen molar-refractivity contribution in [3.8, 4) is 0 Å². The first-order chi connectivity index (χ1) is 12.4. The number of hydrogen-bond acceptors (Lipinski definition) is 7. The Morgan fingerprint density at radius 3 is 2.77 bits per heavy atom. The van der Waals surface area contributed by atoms with Gasteiger partial charge in [-0.15, -0.1) is 0 Å². The number of thiazole rings is 1. The molecule has 0 unspecified atom stereocenters. The van der Waals surface area contributed by atoms with Crippen molar-refractivity contribution in [3.05, 3.63) is 45.6 Å². The summed E-state index contributed by atoms with van der Waals surface area (Å²) in [6.45, 7) is 2.81. The average molecular weight is 378 g/mol. The molecule has 0 aliphatic carbocycles. The smallest absolute Gasteiger partial charge is 0.345 e. The minimum atomic E-state index is -1.06. The van der Waals surface area contributed by atoms with E-state index in [9.17, 15) is 19.7 Å². The first-order valence-electron chi connectivity index (χ1n) is 7.91. The summed E-state index contributed by atoms with van der Waals surface area (Å²) in [6, 6.07) is 4.85. The van der Waals surface area contributed by atoms with Gasteiger partial charge in [-0.05, 0) is 41.5 Å². The van der Waals surface area contributed by atoms with Crippen molar-refractivity contribution in [2.45, 2.75) is 26.2 Å². The minimum absolute atomic E-state index is 0.0770. The predicted octanol–water partition coefficient (Wildman–Crippen LogP) is 3.14. The molecule has 1 aromatic carbocycles. The lowest BCUT2D eigenvalue weighted by atomic mass is 10.0. The number of hydrogen-bond donors (Lipinski definition) is 3. The lowest BCUT2D eigenvalue weighted by Gasteiger charge is -2.11. The quantitative estimate of drug-likeness (QED) is 0.346. The second kappa shape index (κ2) is 8.90. The molecule has 2 aromatic rings. The molecular weight excluding hydrogens is 360 g/mol. The largest absolute Gasteiger partial charge is 0.481 e. The van der Waals surface area contributed by atoms with Crippen LogP contribution in [0.1, 0.15) is 35.7 Å². The van der Waals surface area contributed by atoms with Gasteiger partial charge in [0.05, 0.1) is 11.3 Å². The third-order valence-electron chi connectivity index (χ3n) is 3.44. The molecule has 138 valence electrons. The molecule has 0 spiro atoms. The fourth-order valence-electron chi connectivity index (χ4n) is 2.22. The molecule has 3 N–H and O–H groups in total. The summed E-state index contributed by atoms with van der Waals surface area (Å²) in [5, 5.41) is 25.3. The molecule has 10 heteroatoms. The number of nitrogens with zero attached hydrogens (tertiary/aromatic N) is 2. The molecule has 0 saturated heterocycles. The molecule has 1 aromatic heterocycles. The average Bonchev–Trinajstić information content (AvgIpc) is 3.03. The van der Waals surface area contributed by atoms with Gasteiger partial charge >= 0.3 is 11.0 Å². The van der Waals surface area contributed by atoms with E-state index in [1.807, 2.05) is 0 Å². The maximum atomic E-state index is 12.4. The van der Waals surface area contributed by atoms with E-state index in [0.29, 0.717) is 5.56 Å². The number of benzene rings is 1. The number of nitro groups is 1. The highest BCUT2D eigenvalue weighted by molar-refractivity contribution is 7.18. The molecule has 1 heterocycles. The Balaban J connectivity index is 2.20. The number of carboxylic acids is 1. The van der Waals surface area contributed by atoms with Crippen LogP contribution in [0.15, 0.2) is 24.4 Å². The normalized spacial score (nSPS) is 10.3. The zero-order valence-electron chi connectivity index (χ0n) is 14.0. The van der Waals surface area contributed by atoms with Crippen LogP contribution in [0.25, 0.3) is 0 Å². The Hall–Kier alpha value is -3.01.